The van der Waals surface area contributed by atoms with Gasteiger partial charge in [-0.2, -0.15) is 5.10 Å². The van der Waals surface area contributed by atoms with Gasteiger partial charge in [0, 0.05) is 32.2 Å². The smallest absolute Gasteiger partial charge is 0.272 e. The number of benzene rings is 2. The predicted octanol–water partition coefficient (Wildman–Crippen LogP) is 5.06. The Morgan fingerprint density at radius 2 is 1.66 bits per heavy atom. The van der Waals surface area contributed by atoms with E-state index in [1.54, 1.807) is 4.68 Å². The quantitative estimate of drug-likeness (QED) is 0.440. The maximum Gasteiger partial charge on any atom is 0.272 e. The highest BCUT2D eigenvalue weighted by molar-refractivity contribution is 6.33. The lowest BCUT2D eigenvalue weighted by molar-refractivity contribution is 0.0737. The molecule has 7 heteroatoms. The summed E-state index contributed by atoms with van der Waals surface area (Å²) >= 11 is 6.36. The van der Waals surface area contributed by atoms with Gasteiger partial charge < -0.3 is 14.2 Å². The number of aromatic nitrogens is 2. The molecule has 2 aromatic carbocycles. The zero-order chi connectivity index (χ0) is 22.1. The second kappa shape index (κ2) is 8.55. The van der Waals surface area contributed by atoms with Crippen molar-refractivity contribution in [1.29, 1.82) is 0 Å². The van der Waals surface area contributed by atoms with Gasteiger partial charge in [-0.1, -0.05) is 41.9 Å². The highest BCUT2D eigenvalue weighted by Crippen LogP contribution is 2.28. The minimum Gasteiger partial charge on any atom is -0.460 e. The van der Waals surface area contributed by atoms with Gasteiger partial charge in [0.15, 0.2) is 5.76 Å². The molecule has 0 bridgehead atoms. The average Bonchev–Trinajstić information content (AvgIpc) is 3.46. The Kier molecular flexibility index (Phi) is 5.45. The zero-order valence-electron chi connectivity index (χ0n) is 17.7. The van der Waals surface area contributed by atoms with E-state index in [1.807, 2.05) is 84.6 Å². The molecule has 0 atom stereocenters. The van der Waals surface area contributed by atoms with Crippen LogP contribution in [0.15, 0.2) is 77.2 Å². The first kappa shape index (κ1) is 20.4. The summed E-state index contributed by atoms with van der Waals surface area (Å²) in [5.74, 6) is 1.40. The van der Waals surface area contributed by atoms with Crippen molar-refractivity contribution in [3.8, 4) is 17.1 Å². The second-order valence-electron chi connectivity index (χ2n) is 7.80. The molecule has 6 nitrogen and oxygen atoms in total. The number of carbonyl (C=O) groups excluding carboxylic acids is 1. The number of aryl methyl sites for hydroxylation is 1. The molecule has 2 aromatic heterocycles. The van der Waals surface area contributed by atoms with Crippen LogP contribution in [0, 0.1) is 6.92 Å². The first-order valence-electron chi connectivity index (χ1n) is 10.6. The Morgan fingerprint density at radius 3 is 2.34 bits per heavy atom. The molecule has 0 N–H and O–H groups in total. The maximum atomic E-state index is 13.5. The molecule has 0 saturated carbocycles. The number of amides is 1. The molecule has 1 saturated heterocycles. The summed E-state index contributed by atoms with van der Waals surface area (Å²) in [6.45, 7) is 4.55. The zero-order valence-corrected chi connectivity index (χ0v) is 18.5. The molecule has 5 rings (SSSR count). The third kappa shape index (κ3) is 3.89. The summed E-state index contributed by atoms with van der Waals surface area (Å²) in [6.07, 6.45) is 0. The Labute approximate surface area is 191 Å². The molecule has 1 aliphatic heterocycles. The summed E-state index contributed by atoms with van der Waals surface area (Å²) in [5, 5.41) is 5.43. The molecule has 0 aliphatic carbocycles. The summed E-state index contributed by atoms with van der Waals surface area (Å²) in [7, 11) is 0. The van der Waals surface area contributed by atoms with Gasteiger partial charge in [0.2, 0.25) is 0 Å². The van der Waals surface area contributed by atoms with Crippen molar-refractivity contribution in [2.24, 2.45) is 0 Å². The van der Waals surface area contributed by atoms with E-state index in [1.165, 1.54) is 0 Å². The number of hydrogen-bond acceptors (Lipinski definition) is 4. The number of para-hydroxylation sites is 2. The van der Waals surface area contributed by atoms with Crippen LogP contribution in [0.1, 0.15) is 16.2 Å². The van der Waals surface area contributed by atoms with E-state index in [4.69, 9.17) is 21.1 Å². The largest absolute Gasteiger partial charge is 0.460 e. The van der Waals surface area contributed by atoms with E-state index in [0.717, 1.165) is 35.2 Å². The number of furan rings is 1. The van der Waals surface area contributed by atoms with Crippen molar-refractivity contribution < 1.29 is 9.21 Å². The lowest BCUT2D eigenvalue weighted by Gasteiger charge is -2.36. The third-order valence-electron chi connectivity index (χ3n) is 5.68. The van der Waals surface area contributed by atoms with Gasteiger partial charge in [0.1, 0.15) is 17.1 Å². The molecule has 0 radical (unpaired) electrons. The summed E-state index contributed by atoms with van der Waals surface area (Å²) < 4.78 is 7.46. The lowest BCUT2D eigenvalue weighted by Crippen LogP contribution is -2.49. The second-order valence-corrected chi connectivity index (χ2v) is 8.21. The van der Waals surface area contributed by atoms with Crippen LogP contribution in [-0.4, -0.2) is 46.8 Å². The average molecular weight is 447 g/mol. The Morgan fingerprint density at radius 1 is 0.938 bits per heavy atom. The first-order chi connectivity index (χ1) is 15.6. The molecular weight excluding hydrogens is 424 g/mol. The molecular formula is C25H23ClN4O2. The van der Waals surface area contributed by atoms with Gasteiger partial charge in [0.25, 0.3) is 5.91 Å². The lowest BCUT2D eigenvalue weighted by atomic mass is 10.2. The van der Waals surface area contributed by atoms with Crippen molar-refractivity contribution in [2.45, 2.75) is 6.92 Å². The van der Waals surface area contributed by atoms with Gasteiger partial charge in [0.05, 0.1) is 16.4 Å². The molecule has 0 spiro atoms. The monoisotopic (exact) mass is 446 g/mol. The Balaban J connectivity index is 1.42. The van der Waals surface area contributed by atoms with Gasteiger partial charge in [-0.25, -0.2) is 4.68 Å². The number of nitrogens with zero attached hydrogens (tertiary/aromatic N) is 4. The standard InChI is InChI=1S/C25H23ClN4O2/c1-18-11-12-24(32-18)21-17-23(30(27-21)19-7-3-2-4-8-19)25(31)29-15-13-28(14-16-29)22-10-6-5-9-20(22)26/h2-12,17H,13-16H2,1H3. The highest BCUT2D eigenvalue weighted by atomic mass is 35.5. The van der Waals surface area contributed by atoms with Gasteiger partial charge >= 0.3 is 0 Å². The molecule has 1 fully saturated rings. The van der Waals surface area contributed by atoms with Crippen LogP contribution >= 0.6 is 11.6 Å². The molecule has 3 heterocycles. The predicted molar refractivity (Wildman–Crippen MR) is 126 cm³/mol. The van der Waals surface area contributed by atoms with Crippen LogP contribution in [0.25, 0.3) is 17.1 Å². The van der Waals surface area contributed by atoms with Gasteiger partial charge in [-0.15, -0.1) is 0 Å². The van der Waals surface area contributed by atoms with Crippen molar-refractivity contribution in [3.63, 3.8) is 0 Å². The SMILES string of the molecule is Cc1ccc(-c2cc(C(=O)N3CCN(c4ccccc4Cl)CC3)n(-c3ccccc3)n2)o1. The van der Waals surface area contributed by atoms with E-state index in [9.17, 15) is 4.79 Å². The van der Waals surface area contributed by atoms with Crippen molar-refractivity contribution in [1.82, 2.24) is 14.7 Å². The van der Waals surface area contributed by atoms with Gasteiger partial charge in [-0.3, -0.25) is 4.79 Å². The van der Waals surface area contributed by atoms with Crippen LogP contribution in [0.3, 0.4) is 0 Å². The molecule has 0 unspecified atom stereocenters. The molecule has 1 amide bonds. The minimum atomic E-state index is -0.0466. The fourth-order valence-corrected chi connectivity index (χ4v) is 4.27. The summed E-state index contributed by atoms with van der Waals surface area (Å²) in [5.41, 5.74) is 3.00. The van der Waals surface area contributed by atoms with Crippen LogP contribution in [-0.2, 0) is 0 Å². The Hall–Kier alpha value is -3.51. The minimum absolute atomic E-state index is 0.0466. The fraction of sp³-hybridized carbons (Fsp3) is 0.200. The molecule has 4 aromatic rings. The number of piperazine rings is 1. The van der Waals surface area contributed by atoms with E-state index in [-0.39, 0.29) is 5.91 Å². The van der Waals surface area contributed by atoms with Crippen LogP contribution in [0.4, 0.5) is 5.69 Å². The molecule has 1 aliphatic rings. The van der Waals surface area contributed by atoms with E-state index in [2.05, 4.69) is 4.90 Å². The number of halogens is 1. The van der Waals surface area contributed by atoms with E-state index in [0.29, 0.717) is 30.2 Å². The van der Waals surface area contributed by atoms with E-state index < -0.39 is 0 Å². The van der Waals surface area contributed by atoms with E-state index >= 15 is 0 Å². The highest BCUT2D eigenvalue weighted by Gasteiger charge is 2.27. The van der Waals surface area contributed by atoms with Gasteiger partial charge in [-0.05, 0) is 43.3 Å². The Bertz CT molecular complexity index is 1240. The van der Waals surface area contributed by atoms with Crippen LogP contribution in [0.2, 0.25) is 5.02 Å². The number of anilines is 1. The number of carbonyl (C=O) groups is 1. The summed E-state index contributed by atoms with van der Waals surface area (Å²) in [4.78, 5) is 17.6. The number of rotatable bonds is 4. The fourth-order valence-electron chi connectivity index (χ4n) is 4.01. The third-order valence-corrected chi connectivity index (χ3v) is 6.00. The van der Waals surface area contributed by atoms with Crippen molar-refractivity contribution >= 4 is 23.2 Å². The maximum absolute atomic E-state index is 13.5. The topological polar surface area (TPSA) is 54.5 Å². The van der Waals surface area contributed by atoms with Crippen LogP contribution in [0.5, 0.6) is 0 Å². The summed E-state index contributed by atoms with van der Waals surface area (Å²) in [6, 6.07) is 23.1. The van der Waals surface area contributed by atoms with Crippen LogP contribution < -0.4 is 4.90 Å². The molecule has 162 valence electrons. The normalized spacial score (nSPS) is 14.1. The first-order valence-corrected chi connectivity index (χ1v) is 11.0. The van der Waals surface area contributed by atoms with Crippen molar-refractivity contribution in [3.05, 3.63) is 89.3 Å². The number of hydrogen-bond donors (Lipinski definition) is 0. The molecule has 32 heavy (non-hydrogen) atoms. The van der Waals surface area contributed by atoms with Crippen molar-refractivity contribution in [2.75, 3.05) is 31.1 Å².